The van der Waals surface area contributed by atoms with Gasteiger partial charge in [0.2, 0.25) is 0 Å². The quantitative estimate of drug-likeness (QED) is 0.729. The Bertz CT molecular complexity index is 388. The van der Waals surface area contributed by atoms with Gasteiger partial charge in [0.15, 0.2) is 17.3 Å². The zero-order valence-corrected chi connectivity index (χ0v) is 8.18. The van der Waals surface area contributed by atoms with Crippen LogP contribution in [0.4, 0.5) is 13.2 Å². The van der Waals surface area contributed by atoms with Crippen LogP contribution in [0.15, 0.2) is 12.1 Å². The van der Waals surface area contributed by atoms with Crippen molar-refractivity contribution in [1.82, 2.24) is 0 Å². The zero-order chi connectivity index (χ0) is 11.6. The molecule has 0 fully saturated rings. The highest BCUT2D eigenvalue weighted by molar-refractivity contribution is 5.94. The van der Waals surface area contributed by atoms with Crippen LogP contribution in [0.25, 0.3) is 0 Å². The Morgan fingerprint density at radius 3 is 2.47 bits per heavy atom. The Balaban J connectivity index is 3.19. The Kier molecular flexibility index (Phi) is 3.34. The second kappa shape index (κ2) is 4.33. The largest absolute Gasteiger partial charge is 0.432 e. The van der Waals surface area contributed by atoms with E-state index in [0.717, 1.165) is 6.07 Å². The lowest BCUT2D eigenvalue weighted by Crippen LogP contribution is -2.06. The number of hydrogen-bond donors (Lipinski definition) is 0. The van der Waals surface area contributed by atoms with Gasteiger partial charge in [-0.25, -0.2) is 4.39 Å². The summed E-state index contributed by atoms with van der Waals surface area (Å²) in [7, 11) is 0. The van der Waals surface area contributed by atoms with Crippen molar-refractivity contribution in [3.8, 4) is 5.75 Å². The summed E-state index contributed by atoms with van der Waals surface area (Å²) in [6.45, 7) is -0.472. The van der Waals surface area contributed by atoms with Crippen LogP contribution >= 0.6 is 0 Å². The first-order valence-electron chi connectivity index (χ1n) is 4.17. The fourth-order valence-electron chi connectivity index (χ4n) is 1.12. The molecule has 0 saturated carbocycles. The van der Waals surface area contributed by atoms with Gasteiger partial charge >= 0.3 is 6.61 Å². The van der Waals surface area contributed by atoms with Gasteiger partial charge in [-0.1, -0.05) is 0 Å². The molecule has 0 aromatic heterocycles. The predicted octanol–water partition coefficient (Wildman–Crippen LogP) is 2.94. The molecule has 0 unspecified atom stereocenters. The molecule has 0 radical (unpaired) electrons. The number of halogens is 3. The summed E-state index contributed by atoms with van der Waals surface area (Å²) in [6, 6.07) is 2.26. The number of aryl methyl sites for hydroxylation is 1. The minimum absolute atomic E-state index is 0.0957. The molecule has 0 bridgehead atoms. The van der Waals surface area contributed by atoms with E-state index in [1.807, 2.05) is 0 Å². The molecule has 0 saturated heterocycles. The molecule has 1 aromatic carbocycles. The number of carbonyl (C=O) groups is 1. The highest BCUT2D eigenvalue weighted by atomic mass is 19.3. The molecule has 0 heterocycles. The molecule has 0 N–H and O–H groups in total. The molecular weight excluding hydrogens is 209 g/mol. The van der Waals surface area contributed by atoms with Crippen LogP contribution in [-0.2, 0) is 0 Å². The van der Waals surface area contributed by atoms with E-state index in [9.17, 15) is 18.0 Å². The molecule has 0 aliphatic carbocycles. The van der Waals surface area contributed by atoms with Crippen LogP contribution < -0.4 is 4.74 Å². The van der Waals surface area contributed by atoms with Crippen molar-refractivity contribution in [3.63, 3.8) is 0 Å². The molecule has 0 aliphatic rings. The SMILES string of the molecule is CC(=O)c1cc(C)c(F)c(OC(F)F)c1. The van der Waals surface area contributed by atoms with Crippen molar-refractivity contribution in [2.75, 3.05) is 0 Å². The molecule has 2 nitrogen and oxygen atoms in total. The van der Waals surface area contributed by atoms with E-state index in [2.05, 4.69) is 4.74 Å². The number of hydrogen-bond acceptors (Lipinski definition) is 2. The summed E-state index contributed by atoms with van der Waals surface area (Å²) in [5.41, 5.74) is 0.239. The van der Waals surface area contributed by atoms with Crippen molar-refractivity contribution < 1.29 is 22.7 Å². The van der Waals surface area contributed by atoms with Gasteiger partial charge in [0.05, 0.1) is 0 Å². The third-order valence-electron chi connectivity index (χ3n) is 1.84. The minimum atomic E-state index is -3.11. The molecule has 0 amide bonds. The molecule has 0 aliphatic heterocycles. The number of Topliss-reactive ketones (excluding diaryl/α,β-unsaturated/α-hetero) is 1. The van der Waals surface area contributed by atoms with Crippen molar-refractivity contribution in [3.05, 3.63) is 29.1 Å². The summed E-state index contributed by atoms with van der Waals surface area (Å²) in [4.78, 5) is 11.0. The van der Waals surface area contributed by atoms with Gasteiger partial charge in [-0.3, -0.25) is 4.79 Å². The van der Waals surface area contributed by atoms with Crippen molar-refractivity contribution >= 4 is 5.78 Å². The van der Waals surface area contributed by atoms with E-state index in [0.29, 0.717) is 0 Å². The van der Waals surface area contributed by atoms with Crippen LogP contribution in [-0.4, -0.2) is 12.4 Å². The van der Waals surface area contributed by atoms with Gasteiger partial charge in [0, 0.05) is 5.56 Å². The van der Waals surface area contributed by atoms with E-state index in [-0.39, 0.29) is 16.9 Å². The lowest BCUT2D eigenvalue weighted by molar-refractivity contribution is -0.0522. The van der Waals surface area contributed by atoms with E-state index in [1.165, 1.54) is 19.9 Å². The lowest BCUT2D eigenvalue weighted by Gasteiger charge is -2.09. The van der Waals surface area contributed by atoms with E-state index >= 15 is 0 Å². The second-order valence-corrected chi connectivity index (χ2v) is 3.04. The lowest BCUT2D eigenvalue weighted by atomic mass is 10.1. The first-order valence-corrected chi connectivity index (χ1v) is 4.17. The Morgan fingerprint density at radius 1 is 1.40 bits per heavy atom. The first-order chi connectivity index (χ1) is 6.91. The van der Waals surface area contributed by atoms with Crippen LogP contribution in [0.2, 0.25) is 0 Å². The number of benzene rings is 1. The normalized spacial score (nSPS) is 10.5. The topological polar surface area (TPSA) is 26.3 Å². The molecule has 0 spiro atoms. The summed E-state index contributed by atoms with van der Waals surface area (Å²) in [5, 5.41) is 0. The maximum Gasteiger partial charge on any atom is 0.387 e. The fraction of sp³-hybridized carbons (Fsp3) is 0.300. The zero-order valence-electron chi connectivity index (χ0n) is 8.18. The number of alkyl halides is 2. The van der Waals surface area contributed by atoms with Gasteiger partial charge in [0.1, 0.15) is 0 Å². The molecule has 0 atom stereocenters. The Hall–Kier alpha value is -1.52. The Morgan fingerprint density at radius 2 is 2.00 bits per heavy atom. The van der Waals surface area contributed by atoms with Crippen molar-refractivity contribution in [2.24, 2.45) is 0 Å². The maximum atomic E-state index is 13.2. The van der Waals surface area contributed by atoms with Crippen molar-refractivity contribution in [1.29, 1.82) is 0 Å². The standard InChI is InChI=1S/C10H9F3O2/c1-5-3-7(6(2)14)4-8(9(5)11)15-10(12)13/h3-4,10H,1-2H3. The molecule has 5 heteroatoms. The van der Waals surface area contributed by atoms with Crippen LogP contribution in [0.5, 0.6) is 5.75 Å². The summed E-state index contributed by atoms with van der Waals surface area (Å²) in [5.74, 6) is -1.81. The molecule has 1 rings (SSSR count). The van der Waals surface area contributed by atoms with Gasteiger partial charge in [0.25, 0.3) is 0 Å². The van der Waals surface area contributed by atoms with Crippen LogP contribution in [0.3, 0.4) is 0 Å². The summed E-state index contributed by atoms with van der Waals surface area (Å²) >= 11 is 0. The maximum absolute atomic E-state index is 13.2. The third-order valence-corrected chi connectivity index (χ3v) is 1.84. The van der Waals surface area contributed by atoms with Gasteiger partial charge in [-0.2, -0.15) is 8.78 Å². The monoisotopic (exact) mass is 218 g/mol. The first kappa shape index (κ1) is 11.6. The minimum Gasteiger partial charge on any atom is -0.432 e. The van der Waals surface area contributed by atoms with E-state index < -0.39 is 18.2 Å². The molecule has 82 valence electrons. The molecule has 1 aromatic rings. The molecular formula is C10H9F3O2. The van der Waals surface area contributed by atoms with Gasteiger partial charge in [-0.05, 0) is 31.5 Å². The smallest absolute Gasteiger partial charge is 0.387 e. The summed E-state index contributed by atoms with van der Waals surface area (Å²) in [6.07, 6.45) is 0. The van der Waals surface area contributed by atoms with Crippen LogP contribution in [0, 0.1) is 12.7 Å². The van der Waals surface area contributed by atoms with Crippen molar-refractivity contribution in [2.45, 2.75) is 20.5 Å². The van der Waals surface area contributed by atoms with Crippen LogP contribution in [0.1, 0.15) is 22.8 Å². The third kappa shape index (κ3) is 2.71. The van der Waals surface area contributed by atoms with E-state index in [4.69, 9.17) is 0 Å². The average molecular weight is 218 g/mol. The predicted molar refractivity (Wildman–Crippen MR) is 47.8 cm³/mol. The number of carbonyl (C=O) groups excluding carboxylic acids is 1. The summed E-state index contributed by atoms with van der Waals surface area (Å²) < 4.78 is 41.0. The fourth-order valence-corrected chi connectivity index (χ4v) is 1.12. The van der Waals surface area contributed by atoms with E-state index in [1.54, 1.807) is 0 Å². The highest BCUT2D eigenvalue weighted by Crippen LogP contribution is 2.24. The van der Waals surface area contributed by atoms with Gasteiger partial charge in [-0.15, -0.1) is 0 Å². The highest BCUT2D eigenvalue weighted by Gasteiger charge is 2.14. The second-order valence-electron chi connectivity index (χ2n) is 3.04. The molecule has 15 heavy (non-hydrogen) atoms. The number of rotatable bonds is 3. The number of ether oxygens (including phenoxy) is 1. The number of ketones is 1. The average Bonchev–Trinajstić information content (AvgIpc) is 2.11. The Labute approximate surface area is 84.7 Å². The van der Waals surface area contributed by atoms with Gasteiger partial charge < -0.3 is 4.74 Å².